The van der Waals surface area contributed by atoms with E-state index in [1.807, 2.05) is 29.8 Å². The fraction of sp³-hybridized carbons (Fsp3) is 0.308. The average Bonchev–Trinajstić information content (AvgIpc) is 2.83. The summed E-state index contributed by atoms with van der Waals surface area (Å²) >= 11 is 7.50. The Hall–Kier alpha value is -0.900. The van der Waals surface area contributed by atoms with E-state index in [-0.39, 0.29) is 12.1 Å². The monoisotopic (exact) mass is 266 g/mol. The molecule has 0 aliphatic carbocycles. The molecule has 1 heterocycles. The van der Waals surface area contributed by atoms with Crippen LogP contribution in [0.3, 0.4) is 0 Å². The second-order valence-electron chi connectivity index (χ2n) is 4.07. The van der Waals surface area contributed by atoms with E-state index >= 15 is 0 Å². The van der Waals surface area contributed by atoms with Gasteiger partial charge in [0, 0.05) is 22.5 Å². The molecule has 0 spiro atoms. The molecule has 2 rings (SSSR count). The number of hydrogen-bond donors (Lipinski definition) is 1. The summed E-state index contributed by atoms with van der Waals surface area (Å²) in [5, 5.41) is 6.37. The Morgan fingerprint density at radius 2 is 1.88 bits per heavy atom. The molecule has 0 fully saturated rings. The van der Waals surface area contributed by atoms with Crippen molar-refractivity contribution in [3.63, 3.8) is 0 Å². The Bertz CT molecular complexity index is 453. The topological polar surface area (TPSA) is 24.9 Å². The number of hydrogen-bond acceptors (Lipinski definition) is 3. The molecule has 0 bridgehead atoms. The lowest BCUT2D eigenvalue weighted by molar-refractivity contribution is 0.488. The predicted molar refractivity (Wildman–Crippen MR) is 73.5 cm³/mol. The van der Waals surface area contributed by atoms with E-state index in [9.17, 15) is 0 Å². The summed E-state index contributed by atoms with van der Waals surface area (Å²) < 4.78 is 0. The number of rotatable bonds is 4. The highest BCUT2D eigenvalue weighted by Crippen LogP contribution is 2.20. The van der Waals surface area contributed by atoms with Crippen LogP contribution in [0.1, 0.15) is 37.2 Å². The van der Waals surface area contributed by atoms with Gasteiger partial charge in [-0.3, -0.25) is 0 Å². The van der Waals surface area contributed by atoms with Gasteiger partial charge in [0.15, 0.2) is 0 Å². The van der Waals surface area contributed by atoms with Crippen LogP contribution in [0.15, 0.2) is 35.2 Å². The molecule has 0 aliphatic heterocycles. The smallest absolute Gasteiger partial charge is 0.0795 e. The normalized spacial score (nSPS) is 14.5. The van der Waals surface area contributed by atoms with Gasteiger partial charge in [-0.25, -0.2) is 4.98 Å². The van der Waals surface area contributed by atoms with Gasteiger partial charge >= 0.3 is 0 Å². The molecule has 4 heteroatoms. The fourth-order valence-corrected chi connectivity index (χ4v) is 2.52. The quantitative estimate of drug-likeness (QED) is 0.897. The van der Waals surface area contributed by atoms with E-state index < -0.39 is 0 Å². The van der Waals surface area contributed by atoms with Crippen LogP contribution in [-0.4, -0.2) is 4.98 Å². The second-order valence-corrected chi connectivity index (χ2v) is 5.23. The minimum Gasteiger partial charge on any atom is -0.302 e. The molecular weight excluding hydrogens is 252 g/mol. The SMILES string of the molecule is CC(N[C@H](C)c1ccc(Cl)cc1)c1cscn1. The maximum Gasteiger partial charge on any atom is 0.0795 e. The molecule has 0 aliphatic rings. The number of nitrogens with one attached hydrogen (secondary N) is 1. The summed E-state index contributed by atoms with van der Waals surface area (Å²) in [5.41, 5.74) is 4.19. The van der Waals surface area contributed by atoms with Crippen molar-refractivity contribution in [2.24, 2.45) is 0 Å². The van der Waals surface area contributed by atoms with Crippen molar-refractivity contribution < 1.29 is 0 Å². The fourth-order valence-electron chi connectivity index (χ4n) is 1.74. The molecule has 1 N–H and O–H groups in total. The molecule has 0 amide bonds. The van der Waals surface area contributed by atoms with Gasteiger partial charge in [0.2, 0.25) is 0 Å². The standard InChI is InChI=1S/C13H15ClN2S/c1-9(11-3-5-12(14)6-4-11)16-10(2)13-7-17-8-15-13/h3-10,16H,1-2H3/t9-,10?/m1/s1. The van der Waals surface area contributed by atoms with Gasteiger partial charge in [-0.05, 0) is 31.5 Å². The summed E-state index contributed by atoms with van der Waals surface area (Å²) in [7, 11) is 0. The van der Waals surface area contributed by atoms with Gasteiger partial charge in [-0.15, -0.1) is 11.3 Å². The number of thiazole rings is 1. The molecular formula is C13H15ClN2S. The molecule has 0 radical (unpaired) electrons. The Balaban J connectivity index is 2.01. The van der Waals surface area contributed by atoms with Gasteiger partial charge in [0.05, 0.1) is 11.2 Å². The maximum absolute atomic E-state index is 5.87. The van der Waals surface area contributed by atoms with Crippen LogP contribution >= 0.6 is 22.9 Å². The third-order valence-corrected chi connectivity index (χ3v) is 3.62. The zero-order valence-corrected chi connectivity index (χ0v) is 11.4. The average molecular weight is 267 g/mol. The molecule has 0 saturated carbocycles. The number of halogens is 1. The van der Waals surface area contributed by atoms with Crippen molar-refractivity contribution in [2.45, 2.75) is 25.9 Å². The minimum absolute atomic E-state index is 0.256. The van der Waals surface area contributed by atoms with Crippen molar-refractivity contribution in [1.82, 2.24) is 10.3 Å². The first-order chi connectivity index (χ1) is 8.16. The minimum atomic E-state index is 0.256. The van der Waals surface area contributed by atoms with Crippen LogP contribution < -0.4 is 5.32 Å². The third-order valence-electron chi connectivity index (χ3n) is 2.77. The molecule has 90 valence electrons. The lowest BCUT2D eigenvalue weighted by Crippen LogP contribution is -2.22. The van der Waals surface area contributed by atoms with Gasteiger partial charge in [-0.2, -0.15) is 0 Å². The number of nitrogens with zero attached hydrogens (tertiary/aromatic N) is 1. The Morgan fingerprint density at radius 1 is 1.18 bits per heavy atom. The Morgan fingerprint density at radius 3 is 2.47 bits per heavy atom. The van der Waals surface area contributed by atoms with Crippen LogP contribution in [0.5, 0.6) is 0 Å². The Kier molecular flexibility index (Phi) is 4.15. The highest BCUT2D eigenvalue weighted by atomic mass is 35.5. The first-order valence-corrected chi connectivity index (χ1v) is 6.88. The predicted octanol–water partition coefficient (Wildman–Crippen LogP) is 4.21. The van der Waals surface area contributed by atoms with Gasteiger partial charge in [0.25, 0.3) is 0 Å². The van der Waals surface area contributed by atoms with Crippen LogP contribution in [0.25, 0.3) is 0 Å². The summed E-state index contributed by atoms with van der Waals surface area (Å²) in [6.07, 6.45) is 0. The zero-order chi connectivity index (χ0) is 12.3. The molecule has 17 heavy (non-hydrogen) atoms. The number of aromatic nitrogens is 1. The van der Waals surface area contributed by atoms with Gasteiger partial charge in [0.1, 0.15) is 0 Å². The van der Waals surface area contributed by atoms with Crippen LogP contribution in [-0.2, 0) is 0 Å². The van der Waals surface area contributed by atoms with E-state index in [0.29, 0.717) is 0 Å². The first-order valence-electron chi connectivity index (χ1n) is 5.56. The van der Waals surface area contributed by atoms with E-state index in [1.165, 1.54) is 5.56 Å². The lowest BCUT2D eigenvalue weighted by atomic mass is 10.1. The number of benzene rings is 1. The molecule has 1 aromatic heterocycles. The van der Waals surface area contributed by atoms with Gasteiger partial charge in [-0.1, -0.05) is 23.7 Å². The molecule has 1 aromatic carbocycles. The largest absolute Gasteiger partial charge is 0.302 e. The van der Waals surface area contributed by atoms with Crippen molar-refractivity contribution >= 4 is 22.9 Å². The van der Waals surface area contributed by atoms with E-state index in [1.54, 1.807) is 11.3 Å². The summed E-state index contributed by atoms with van der Waals surface area (Å²) in [6.45, 7) is 4.27. The van der Waals surface area contributed by atoms with Crippen molar-refractivity contribution in [1.29, 1.82) is 0 Å². The van der Waals surface area contributed by atoms with E-state index in [4.69, 9.17) is 11.6 Å². The Labute approximate surface area is 111 Å². The molecule has 2 atom stereocenters. The van der Waals surface area contributed by atoms with Crippen LogP contribution in [0.4, 0.5) is 0 Å². The molecule has 0 saturated heterocycles. The molecule has 1 unspecified atom stereocenters. The maximum atomic E-state index is 5.87. The third kappa shape index (κ3) is 3.28. The summed E-state index contributed by atoms with van der Waals surface area (Å²) in [5.74, 6) is 0. The highest BCUT2D eigenvalue weighted by molar-refractivity contribution is 7.07. The lowest BCUT2D eigenvalue weighted by Gasteiger charge is -2.19. The van der Waals surface area contributed by atoms with E-state index in [0.717, 1.165) is 10.7 Å². The second kappa shape index (κ2) is 5.63. The molecule has 2 aromatic rings. The summed E-state index contributed by atoms with van der Waals surface area (Å²) in [6, 6.07) is 8.48. The highest BCUT2D eigenvalue weighted by Gasteiger charge is 2.12. The van der Waals surface area contributed by atoms with Crippen LogP contribution in [0.2, 0.25) is 5.02 Å². The van der Waals surface area contributed by atoms with Gasteiger partial charge < -0.3 is 5.32 Å². The van der Waals surface area contributed by atoms with Crippen molar-refractivity contribution in [3.8, 4) is 0 Å². The molecule has 2 nitrogen and oxygen atoms in total. The first kappa shape index (κ1) is 12.6. The van der Waals surface area contributed by atoms with E-state index in [2.05, 4.69) is 29.5 Å². The van der Waals surface area contributed by atoms with Crippen molar-refractivity contribution in [3.05, 3.63) is 51.4 Å². The summed E-state index contributed by atoms with van der Waals surface area (Å²) in [4.78, 5) is 4.31. The zero-order valence-electron chi connectivity index (χ0n) is 9.85. The van der Waals surface area contributed by atoms with Crippen LogP contribution in [0, 0.1) is 0 Å². The van der Waals surface area contributed by atoms with Crippen molar-refractivity contribution in [2.75, 3.05) is 0 Å².